The van der Waals surface area contributed by atoms with Crippen molar-refractivity contribution in [1.82, 2.24) is 0 Å². The van der Waals surface area contributed by atoms with E-state index in [1.54, 1.807) is 0 Å². The van der Waals surface area contributed by atoms with Crippen LogP contribution < -0.4 is 5.73 Å². The van der Waals surface area contributed by atoms with Crippen molar-refractivity contribution >= 4 is 11.8 Å². The van der Waals surface area contributed by atoms with Crippen LogP contribution in [0.1, 0.15) is 38.5 Å². The molecule has 0 amide bonds. The van der Waals surface area contributed by atoms with Crippen molar-refractivity contribution in [2.45, 2.75) is 38.5 Å². The molecular weight excluding hydrogens is 208 g/mol. The van der Waals surface area contributed by atoms with Crippen LogP contribution in [0.4, 0.5) is 0 Å². The Balaban J connectivity index is 2.18. The predicted molar refractivity (Wildman–Crippen MR) is 58.0 cm³/mol. The van der Waals surface area contributed by atoms with E-state index in [0.29, 0.717) is 5.84 Å². The predicted octanol–water partition coefficient (Wildman–Crippen LogP) is 1.25. The molecule has 0 heterocycles. The maximum absolute atomic E-state index is 11.8. The van der Waals surface area contributed by atoms with Crippen LogP contribution in [0.5, 0.6) is 0 Å². The van der Waals surface area contributed by atoms with E-state index in [1.807, 2.05) is 0 Å². The van der Waals surface area contributed by atoms with Gasteiger partial charge in [0.25, 0.3) is 0 Å². The Kier molecular flexibility index (Phi) is 2.56. The van der Waals surface area contributed by atoms with Gasteiger partial charge in [0.05, 0.1) is 12.5 Å². The molecule has 0 aromatic rings. The van der Waals surface area contributed by atoms with Crippen LogP contribution in [-0.2, 0) is 9.53 Å². The van der Waals surface area contributed by atoms with Crippen molar-refractivity contribution in [3.05, 3.63) is 0 Å². The van der Waals surface area contributed by atoms with Gasteiger partial charge in [-0.3, -0.25) is 4.79 Å². The number of amidine groups is 1. The van der Waals surface area contributed by atoms with E-state index in [4.69, 9.17) is 15.7 Å². The average Bonchev–Trinajstić information content (AvgIpc) is 2.38. The van der Waals surface area contributed by atoms with E-state index in [1.165, 1.54) is 7.11 Å². The Morgan fingerprint density at radius 1 is 1.19 bits per heavy atom. The second-order valence-electron chi connectivity index (χ2n) is 5.04. The molecule has 3 aliphatic rings. The molecule has 3 fully saturated rings. The molecule has 0 aromatic heterocycles. The minimum atomic E-state index is -0.299. The minimum Gasteiger partial charge on any atom is -0.469 e. The summed E-state index contributed by atoms with van der Waals surface area (Å²) >= 11 is 0. The van der Waals surface area contributed by atoms with Gasteiger partial charge in [0.1, 0.15) is 5.84 Å². The molecule has 90 valence electrons. The van der Waals surface area contributed by atoms with Crippen molar-refractivity contribution in [2.24, 2.45) is 21.7 Å². The van der Waals surface area contributed by atoms with Crippen molar-refractivity contribution < 1.29 is 14.7 Å². The second kappa shape index (κ2) is 3.64. The standard InChI is InChI=1S/C11H18N2O3/c1-16-9(14)11-5-2-10(3-6-11,4-7-11)8(12)13-15/h15H,2-7H2,1H3,(H2,12,13). The smallest absolute Gasteiger partial charge is 0.311 e. The van der Waals surface area contributed by atoms with Gasteiger partial charge in [0, 0.05) is 5.41 Å². The average molecular weight is 226 g/mol. The Labute approximate surface area is 94.6 Å². The summed E-state index contributed by atoms with van der Waals surface area (Å²) in [7, 11) is 1.44. The number of rotatable bonds is 2. The fourth-order valence-electron chi connectivity index (χ4n) is 3.20. The van der Waals surface area contributed by atoms with Gasteiger partial charge in [-0.2, -0.15) is 0 Å². The molecule has 0 unspecified atom stereocenters. The number of carbonyl (C=O) groups is 1. The van der Waals surface area contributed by atoms with E-state index in [2.05, 4.69) is 5.16 Å². The Bertz CT molecular complexity index is 314. The van der Waals surface area contributed by atoms with E-state index in [9.17, 15) is 4.79 Å². The summed E-state index contributed by atoms with van der Waals surface area (Å²) in [6.45, 7) is 0. The van der Waals surface area contributed by atoms with Crippen molar-refractivity contribution in [3.8, 4) is 0 Å². The van der Waals surface area contributed by atoms with Crippen LogP contribution in [0.25, 0.3) is 0 Å². The number of ether oxygens (including phenoxy) is 1. The van der Waals surface area contributed by atoms with Crippen LogP contribution in [-0.4, -0.2) is 24.1 Å². The van der Waals surface area contributed by atoms with Crippen LogP contribution in [0.2, 0.25) is 0 Å². The molecule has 0 radical (unpaired) electrons. The zero-order valence-electron chi connectivity index (χ0n) is 9.53. The van der Waals surface area contributed by atoms with Gasteiger partial charge in [-0.05, 0) is 38.5 Å². The van der Waals surface area contributed by atoms with E-state index < -0.39 is 0 Å². The highest BCUT2D eigenvalue weighted by atomic mass is 16.5. The molecule has 2 bridgehead atoms. The van der Waals surface area contributed by atoms with Crippen molar-refractivity contribution in [1.29, 1.82) is 0 Å². The third-order valence-electron chi connectivity index (χ3n) is 4.52. The molecule has 0 spiro atoms. The zero-order chi connectivity index (χ0) is 11.8. The fraction of sp³-hybridized carbons (Fsp3) is 0.818. The number of nitrogens with two attached hydrogens (primary N) is 1. The summed E-state index contributed by atoms with van der Waals surface area (Å²) in [4.78, 5) is 11.8. The Morgan fingerprint density at radius 3 is 2.00 bits per heavy atom. The van der Waals surface area contributed by atoms with E-state index in [0.717, 1.165) is 38.5 Å². The maximum atomic E-state index is 11.8. The topological polar surface area (TPSA) is 84.9 Å². The first-order valence-electron chi connectivity index (χ1n) is 5.65. The number of carbonyl (C=O) groups excluding carboxylic acids is 1. The number of esters is 1. The molecule has 3 rings (SSSR count). The highest BCUT2D eigenvalue weighted by Crippen LogP contribution is 2.57. The van der Waals surface area contributed by atoms with Gasteiger partial charge in [-0.1, -0.05) is 5.16 Å². The lowest BCUT2D eigenvalue weighted by molar-refractivity contribution is -0.160. The fourth-order valence-corrected chi connectivity index (χ4v) is 3.20. The largest absolute Gasteiger partial charge is 0.469 e. The normalized spacial score (nSPS) is 38.4. The number of hydrogen-bond acceptors (Lipinski definition) is 4. The molecule has 5 nitrogen and oxygen atoms in total. The molecule has 3 N–H and O–H groups in total. The molecule has 16 heavy (non-hydrogen) atoms. The number of nitrogens with zero attached hydrogens (tertiary/aromatic N) is 1. The van der Waals surface area contributed by atoms with Gasteiger partial charge in [0.2, 0.25) is 0 Å². The lowest BCUT2D eigenvalue weighted by Gasteiger charge is -2.50. The van der Waals surface area contributed by atoms with E-state index in [-0.39, 0.29) is 16.8 Å². The number of oxime groups is 1. The molecule has 0 aromatic carbocycles. The Morgan fingerprint density at radius 2 is 1.62 bits per heavy atom. The lowest BCUT2D eigenvalue weighted by atomic mass is 9.53. The number of hydrogen-bond donors (Lipinski definition) is 2. The van der Waals surface area contributed by atoms with Gasteiger partial charge in [-0.15, -0.1) is 0 Å². The summed E-state index contributed by atoms with van der Waals surface area (Å²) in [5, 5.41) is 11.9. The molecule has 0 aliphatic heterocycles. The second-order valence-corrected chi connectivity index (χ2v) is 5.04. The SMILES string of the molecule is COC(=O)C12CCC(/C(N)=N/O)(CC1)CC2. The summed E-state index contributed by atoms with van der Waals surface area (Å²) in [5.41, 5.74) is 5.28. The number of methoxy groups -OCH3 is 1. The van der Waals surface area contributed by atoms with Crippen molar-refractivity contribution in [3.63, 3.8) is 0 Å². The first-order chi connectivity index (χ1) is 7.58. The lowest BCUT2D eigenvalue weighted by Crippen LogP contribution is -2.51. The summed E-state index contributed by atoms with van der Waals surface area (Å²) < 4.78 is 4.88. The molecule has 0 saturated heterocycles. The van der Waals surface area contributed by atoms with Gasteiger partial charge < -0.3 is 15.7 Å². The molecule has 5 heteroatoms. The van der Waals surface area contributed by atoms with Crippen LogP contribution in [0.15, 0.2) is 5.16 Å². The first kappa shape index (κ1) is 11.2. The Hall–Kier alpha value is -1.26. The monoisotopic (exact) mass is 226 g/mol. The van der Waals surface area contributed by atoms with Gasteiger partial charge in [-0.25, -0.2) is 0 Å². The zero-order valence-corrected chi connectivity index (χ0v) is 9.53. The minimum absolute atomic E-state index is 0.0969. The summed E-state index contributed by atoms with van der Waals surface area (Å²) in [6.07, 6.45) is 4.82. The summed E-state index contributed by atoms with van der Waals surface area (Å²) in [6, 6.07) is 0. The highest BCUT2D eigenvalue weighted by molar-refractivity contribution is 5.87. The van der Waals surface area contributed by atoms with Crippen molar-refractivity contribution in [2.75, 3.05) is 7.11 Å². The quantitative estimate of drug-likeness (QED) is 0.244. The molecule has 0 atom stereocenters. The first-order valence-corrected chi connectivity index (χ1v) is 5.65. The number of fused-ring (bicyclic) bond motifs is 3. The van der Waals surface area contributed by atoms with Crippen LogP contribution in [0.3, 0.4) is 0 Å². The van der Waals surface area contributed by atoms with Crippen LogP contribution in [0, 0.1) is 10.8 Å². The third kappa shape index (κ3) is 1.37. The third-order valence-corrected chi connectivity index (χ3v) is 4.52. The molecular formula is C11H18N2O3. The summed E-state index contributed by atoms with van der Waals surface area (Å²) in [5.74, 6) is 0.228. The van der Waals surface area contributed by atoms with Crippen LogP contribution >= 0.6 is 0 Å². The molecule has 3 aliphatic carbocycles. The van der Waals surface area contributed by atoms with Gasteiger partial charge in [0.15, 0.2) is 0 Å². The maximum Gasteiger partial charge on any atom is 0.311 e. The van der Waals surface area contributed by atoms with E-state index >= 15 is 0 Å². The van der Waals surface area contributed by atoms with Gasteiger partial charge >= 0.3 is 5.97 Å². The molecule has 3 saturated carbocycles. The highest BCUT2D eigenvalue weighted by Gasteiger charge is 2.54.